The molecule has 1 N–H and O–H groups in total. The van der Waals surface area contributed by atoms with Crippen LogP contribution in [-0.4, -0.2) is 36.0 Å². The number of benzene rings is 1. The maximum Gasteiger partial charge on any atom is 0.317 e. The molecule has 1 aromatic rings. The Bertz CT molecular complexity index is 673. The number of carboxylic acids is 1. The Kier molecular flexibility index (Phi) is 3.78. The summed E-state index contributed by atoms with van der Waals surface area (Å²) in [5.74, 6) is 0.0605. The van der Waals surface area contributed by atoms with Gasteiger partial charge in [0.15, 0.2) is 0 Å². The van der Waals surface area contributed by atoms with Crippen molar-refractivity contribution in [2.24, 2.45) is 11.8 Å². The summed E-state index contributed by atoms with van der Waals surface area (Å²) in [6, 6.07) is 10.4. The minimum atomic E-state index is -1.23. The first kappa shape index (κ1) is 16.4. The zero-order valence-corrected chi connectivity index (χ0v) is 14.7. The topological polar surface area (TPSA) is 72.5 Å². The van der Waals surface area contributed by atoms with Crippen LogP contribution in [-0.2, 0) is 10.2 Å². The number of hydrogen-bond acceptors (Lipinski definition) is 3. The van der Waals surface area contributed by atoms with Crippen molar-refractivity contribution in [3.05, 3.63) is 35.9 Å². The molecule has 4 fully saturated rings. The number of likely N-dealkylation sites (N-methyl/N-ethyl adjacent to an activating group) is 1. The van der Waals surface area contributed by atoms with Crippen molar-refractivity contribution in [2.45, 2.75) is 49.5 Å². The molecule has 0 aliphatic heterocycles. The maximum atomic E-state index is 12.5. The number of urea groups is 1. The van der Waals surface area contributed by atoms with Gasteiger partial charge in [-0.25, -0.2) is 4.79 Å². The van der Waals surface area contributed by atoms with Crippen LogP contribution in [0.1, 0.15) is 44.1 Å². The third kappa shape index (κ3) is 2.90. The Hall–Kier alpha value is -2.04. The number of carboxylic acid groups (broad SMARTS) is 1. The number of rotatable bonds is 4. The summed E-state index contributed by atoms with van der Waals surface area (Å²) in [6.07, 6.45) is 6.68. The van der Waals surface area contributed by atoms with Crippen LogP contribution in [0, 0.1) is 11.8 Å². The number of aliphatic carboxylic acids is 1. The molecule has 2 amide bonds. The van der Waals surface area contributed by atoms with E-state index >= 15 is 0 Å². The lowest BCUT2D eigenvalue weighted by Crippen LogP contribution is -2.65. The molecule has 5 nitrogen and oxygen atoms in total. The Balaban J connectivity index is 1.59. The molecule has 25 heavy (non-hydrogen) atoms. The SMILES string of the molecule is CN(CC(=O)[O-])C(=O)NC12C[C@H]3C[C@@H](C1)CC(c1ccccc1)(C3)C2. The van der Waals surface area contributed by atoms with Gasteiger partial charge in [-0.15, -0.1) is 0 Å². The van der Waals surface area contributed by atoms with Gasteiger partial charge < -0.3 is 20.1 Å². The van der Waals surface area contributed by atoms with Gasteiger partial charge in [0.2, 0.25) is 0 Å². The lowest BCUT2D eigenvalue weighted by atomic mass is 9.45. The molecular formula is C20H25N2O3-. The number of nitrogens with one attached hydrogen (secondary N) is 1. The lowest BCUT2D eigenvalue weighted by Gasteiger charge is -2.62. The van der Waals surface area contributed by atoms with Crippen molar-refractivity contribution in [3.8, 4) is 0 Å². The van der Waals surface area contributed by atoms with Crippen molar-refractivity contribution >= 4 is 12.0 Å². The standard InChI is InChI=1S/C20H26N2O3/c1-22(12-17(23)24)18(25)21-20-10-14-7-15(11-20)9-19(8-14,13-20)16-5-3-2-4-6-16/h2-6,14-15H,7-13H2,1H3,(H,21,25)(H,23,24)/p-1/t14-,15+,19?,20?. The molecule has 134 valence electrons. The van der Waals surface area contributed by atoms with Gasteiger partial charge in [-0.3, -0.25) is 0 Å². The van der Waals surface area contributed by atoms with Gasteiger partial charge >= 0.3 is 6.03 Å². The average Bonchev–Trinajstić information content (AvgIpc) is 2.53. The molecule has 0 radical (unpaired) electrons. The monoisotopic (exact) mass is 341 g/mol. The normalized spacial score (nSPS) is 35.4. The maximum absolute atomic E-state index is 12.5. The molecule has 0 heterocycles. The third-order valence-electron chi connectivity index (χ3n) is 6.53. The lowest BCUT2D eigenvalue weighted by molar-refractivity contribution is -0.305. The molecule has 2 unspecified atom stereocenters. The molecule has 4 saturated carbocycles. The number of carbonyl (C=O) groups is 2. The second-order valence-corrected chi connectivity index (χ2v) is 8.55. The predicted molar refractivity (Wildman–Crippen MR) is 91.7 cm³/mol. The van der Waals surface area contributed by atoms with Crippen LogP contribution >= 0.6 is 0 Å². The van der Waals surface area contributed by atoms with Crippen molar-refractivity contribution in [3.63, 3.8) is 0 Å². The fourth-order valence-corrected chi connectivity index (χ4v) is 6.13. The van der Waals surface area contributed by atoms with E-state index in [9.17, 15) is 14.7 Å². The summed E-state index contributed by atoms with van der Waals surface area (Å²) in [5, 5.41) is 14.0. The third-order valence-corrected chi connectivity index (χ3v) is 6.53. The zero-order chi connectivity index (χ0) is 17.7. The van der Waals surface area contributed by atoms with E-state index < -0.39 is 5.97 Å². The first-order chi connectivity index (χ1) is 11.9. The molecule has 4 aliphatic carbocycles. The van der Waals surface area contributed by atoms with E-state index in [-0.39, 0.29) is 23.5 Å². The van der Waals surface area contributed by atoms with Gasteiger partial charge in [0, 0.05) is 12.6 Å². The van der Waals surface area contributed by atoms with E-state index in [2.05, 4.69) is 35.6 Å². The van der Waals surface area contributed by atoms with E-state index in [0.29, 0.717) is 11.8 Å². The molecule has 4 aliphatic rings. The molecule has 5 heteroatoms. The molecule has 0 saturated heterocycles. The molecule has 4 atom stereocenters. The van der Waals surface area contributed by atoms with E-state index in [1.807, 2.05) is 0 Å². The van der Waals surface area contributed by atoms with E-state index in [0.717, 1.165) is 19.3 Å². The highest BCUT2D eigenvalue weighted by Crippen LogP contribution is 2.62. The average molecular weight is 341 g/mol. The summed E-state index contributed by atoms with van der Waals surface area (Å²) in [5.41, 5.74) is 1.36. The Morgan fingerprint density at radius 3 is 2.40 bits per heavy atom. The highest BCUT2D eigenvalue weighted by atomic mass is 16.4. The van der Waals surface area contributed by atoms with Crippen molar-refractivity contribution in [2.75, 3.05) is 13.6 Å². The first-order valence-corrected chi connectivity index (χ1v) is 9.18. The summed E-state index contributed by atoms with van der Waals surface area (Å²) in [7, 11) is 1.51. The Morgan fingerprint density at radius 2 is 1.80 bits per heavy atom. The van der Waals surface area contributed by atoms with Gasteiger partial charge in [0.05, 0.1) is 12.5 Å². The first-order valence-electron chi connectivity index (χ1n) is 9.18. The quantitative estimate of drug-likeness (QED) is 0.905. The molecule has 4 bridgehead atoms. The number of nitrogens with zero attached hydrogens (tertiary/aromatic N) is 1. The van der Waals surface area contributed by atoms with Crippen LogP contribution in [0.4, 0.5) is 4.79 Å². The van der Waals surface area contributed by atoms with Crippen LogP contribution in [0.5, 0.6) is 0 Å². The van der Waals surface area contributed by atoms with Crippen LogP contribution in [0.2, 0.25) is 0 Å². The summed E-state index contributed by atoms with van der Waals surface area (Å²) < 4.78 is 0. The molecule has 0 spiro atoms. The number of carbonyl (C=O) groups excluding carboxylic acids is 2. The van der Waals surface area contributed by atoms with Gasteiger partial charge in [-0.1, -0.05) is 30.3 Å². The Morgan fingerprint density at radius 1 is 1.16 bits per heavy atom. The van der Waals surface area contributed by atoms with Crippen LogP contribution < -0.4 is 10.4 Å². The number of hydrogen-bond donors (Lipinski definition) is 1. The molecule has 1 aromatic carbocycles. The van der Waals surface area contributed by atoms with Gasteiger partial charge in [0.1, 0.15) is 0 Å². The molecular weight excluding hydrogens is 316 g/mol. The highest BCUT2D eigenvalue weighted by molar-refractivity contribution is 5.79. The van der Waals surface area contributed by atoms with E-state index in [4.69, 9.17) is 0 Å². The minimum absolute atomic E-state index is 0.158. The largest absolute Gasteiger partial charge is 0.548 e. The van der Waals surface area contributed by atoms with Crippen molar-refractivity contribution in [1.29, 1.82) is 0 Å². The molecule has 0 aromatic heterocycles. The van der Waals surface area contributed by atoms with E-state index in [1.165, 1.54) is 36.8 Å². The van der Waals surface area contributed by atoms with Crippen LogP contribution in [0.3, 0.4) is 0 Å². The summed E-state index contributed by atoms with van der Waals surface area (Å²) >= 11 is 0. The van der Waals surface area contributed by atoms with Gasteiger partial charge in [0.25, 0.3) is 0 Å². The summed E-state index contributed by atoms with van der Waals surface area (Å²) in [6.45, 7) is -0.376. The second kappa shape index (κ2) is 5.75. The smallest absolute Gasteiger partial charge is 0.317 e. The van der Waals surface area contributed by atoms with Crippen molar-refractivity contribution in [1.82, 2.24) is 10.2 Å². The van der Waals surface area contributed by atoms with Crippen LogP contribution in [0.25, 0.3) is 0 Å². The minimum Gasteiger partial charge on any atom is -0.548 e. The van der Waals surface area contributed by atoms with Gasteiger partial charge in [-0.05, 0) is 61.3 Å². The second-order valence-electron chi connectivity index (χ2n) is 8.55. The number of amides is 2. The van der Waals surface area contributed by atoms with Crippen molar-refractivity contribution < 1.29 is 14.7 Å². The van der Waals surface area contributed by atoms with E-state index in [1.54, 1.807) is 0 Å². The summed E-state index contributed by atoms with van der Waals surface area (Å²) in [4.78, 5) is 24.5. The fourth-order valence-electron chi connectivity index (χ4n) is 6.13. The highest BCUT2D eigenvalue weighted by Gasteiger charge is 2.58. The molecule has 5 rings (SSSR count). The fraction of sp³-hybridized carbons (Fsp3) is 0.600. The predicted octanol–water partition coefficient (Wildman–Crippen LogP) is 1.67. The van der Waals surface area contributed by atoms with Crippen LogP contribution in [0.15, 0.2) is 30.3 Å². The zero-order valence-electron chi connectivity index (χ0n) is 14.7. The Labute approximate surface area is 148 Å². The van der Waals surface area contributed by atoms with Gasteiger partial charge in [-0.2, -0.15) is 0 Å².